The van der Waals surface area contributed by atoms with Gasteiger partial charge in [-0.05, 0) is 42.0 Å². The molecule has 0 atom stereocenters. The molecule has 0 radical (unpaired) electrons. The number of anilines is 1. The molecule has 146 valence electrons. The summed E-state index contributed by atoms with van der Waals surface area (Å²) in [6, 6.07) is 18.7. The SMILES string of the molecule is O=C(/C=C/c1ccc(NS(=O)(=O)c2cccc3oc4ccccc4c23)cc1)NO. The van der Waals surface area contributed by atoms with Crippen LogP contribution in [0.3, 0.4) is 0 Å². The number of hydroxylamine groups is 1. The number of hydrogen-bond acceptors (Lipinski definition) is 5. The Morgan fingerprint density at radius 1 is 0.931 bits per heavy atom. The molecule has 1 aromatic heterocycles. The minimum Gasteiger partial charge on any atom is -0.456 e. The summed E-state index contributed by atoms with van der Waals surface area (Å²) in [6.45, 7) is 0. The quantitative estimate of drug-likeness (QED) is 0.264. The zero-order chi connectivity index (χ0) is 20.4. The number of furan rings is 1. The third-order valence-electron chi connectivity index (χ3n) is 4.35. The van der Waals surface area contributed by atoms with E-state index in [9.17, 15) is 13.2 Å². The van der Waals surface area contributed by atoms with Gasteiger partial charge in [0, 0.05) is 22.5 Å². The molecule has 0 saturated heterocycles. The lowest BCUT2D eigenvalue weighted by Crippen LogP contribution is -2.14. The van der Waals surface area contributed by atoms with Crippen molar-refractivity contribution in [3.63, 3.8) is 0 Å². The summed E-state index contributed by atoms with van der Waals surface area (Å²) in [5.74, 6) is -0.657. The number of benzene rings is 3. The monoisotopic (exact) mass is 408 g/mol. The van der Waals surface area contributed by atoms with Crippen molar-refractivity contribution in [3.8, 4) is 0 Å². The van der Waals surface area contributed by atoms with Crippen molar-refractivity contribution in [1.29, 1.82) is 0 Å². The molecule has 0 saturated carbocycles. The third-order valence-corrected chi connectivity index (χ3v) is 5.78. The van der Waals surface area contributed by atoms with Crippen LogP contribution in [-0.4, -0.2) is 19.5 Å². The predicted octanol–water partition coefficient (Wildman–Crippen LogP) is 3.91. The molecule has 3 aromatic carbocycles. The molecular formula is C21H16N2O5S. The van der Waals surface area contributed by atoms with Gasteiger partial charge in [-0.3, -0.25) is 14.7 Å². The van der Waals surface area contributed by atoms with Gasteiger partial charge in [-0.15, -0.1) is 0 Å². The largest absolute Gasteiger partial charge is 0.456 e. The molecule has 8 heteroatoms. The first-order valence-corrected chi connectivity index (χ1v) is 10.1. The van der Waals surface area contributed by atoms with E-state index in [0.717, 1.165) is 11.5 Å². The molecule has 7 nitrogen and oxygen atoms in total. The highest BCUT2D eigenvalue weighted by Crippen LogP contribution is 2.34. The van der Waals surface area contributed by atoms with Crippen LogP contribution in [0, 0.1) is 0 Å². The van der Waals surface area contributed by atoms with Gasteiger partial charge in [-0.25, -0.2) is 13.9 Å². The van der Waals surface area contributed by atoms with Crippen LogP contribution in [-0.2, 0) is 14.8 Å². The summed E-state index contributed by atoms with van der Waals surface area (Å²) in [6.07, 6.45) is 2.64. The highest BCUT2D eigenvalue weighted by atomic mass is 32.2. The van der Waals surface area contributed by atoms with Crippen LogP contribution in [0.15, 0.2) is 82.1 Å². The molecule has 1 heterocycles. The van der Waals surface area contributed by atoms with Crippen molar-refractivity contribution in [1.82, 2.24) is 5.48 Å². The van der Waals surface area contributed by atoms with E-state index in [-0.39, 0.29) is 4.90 Å². The van der Waals surface area contributed by atoms with Crippen LogP contribution in [0.5, 0.6) is 0 Å². The summed E-state index contributed by atoms with van der Waals surface area (Å²) in [5.41, 5.74) is 3.65. The maximum absolute atomic E-state index is 13.0. The van der Waals surface area contributed by atoms with E-state index < -0.39 is 15.9 Å². The Morgan fingerprint density at radius 2 is 1.66 bits per heavy atom. The standard InChI is InChI=1S/C21H16N2O5S/c24-20(22-25)13-10-14-8-11-15(12-9-14)23-29(26,27)19-7-3-6-18-21(19)16-4-1-2-5-17(16)28-18/h1-13,23,25H,(H,22,24)/b13-10+. The summed E-state index contributed by atoms with van der Waals surface area (Å²) in [4.78, 5) is 11.2. The summed E-state index contributed by atoms with van der Waals surface area (Å²) < 4.78 is 34.4. The van der Waals surface area contributed by atoms with Gasteiger partial charge >= 0.3 is 0 Å². The lowest BCUT2D eigenvalue weighted by Gasteiger charge is -2.09. The number of amides is 1. The van der Waals surface area contributed by atoms with Crippen molar-refractivity contribution in [2.24, 2.45) is 0 Å². The number of carbonyl (C=O) groups is 1. The number of sulfonamides is 1. The first kappa shape index (κ1) is 18.7. The van der Waals surface area contributed by atoms with E-state index in [2.05, 4.69) is 4.72 Å². The number of carbonyl (C=O) groups excluding carboxylic acids is 1. The smallest absolute Gasteiger partial charge is 0.267 e. The minimum absolute atomic E-state index is 0.128. The molecule has 0 aliphatic heterocycles. The second-order valence-electron chi connectivity index (χ2n) is 6.26. The highest BCUT2D eigenvalue weighted by Gasteiger charge is 2.21. The van der Waals surface area contributed by atoms with Crippen LogP contribution in [0.2, 0.25) is 0 Å². The number of fused-ring (bicyclic) bond motifs is 3. The maximum atomic E-state index is 13.0. The van der Waals surface area contributed by atoms with Gasteiger partial charge < -0.3 is 4.42 Å². The zero-order valence-corrected chi connectivity index (χ0v) is 15.8. The van der Waals surface area contributed by atoms with Gasteiger partial charge in [0.15, 0.2) is 0 Å². The molecule has 0 aliphatic carbocycles. The topological polar surface area (TPSA) is 109 Å². The van der Waals surface area contributed by atoms with E-state index in [1.165, 1.54) is 17.6 Å². The van der Waals surface area contributed by atoms with Gasteiger partial charge in [0.05, 0.1) is 4.90 Å². The Labute approximate surface area is 166 Å². The first-order chi connectivity index (χ1) is 14.0. The molecule has 0 spiro atoms. The van der Waals surface area contributed by atoms with Crippen molar-refractivity contribution in [2.75, 3.05) is 4.72 Å². The van der Waals surface area contributed by atoms with Crippen molar-refractivity contribution in [3.05, 3.63) is 78.4 Å². The van der Waals surface area contributed by atoms with E-state index >= 15 is 0 Å². The van der Waals surface area contributed by atoms with Gasteiger partial charge in [0.2, 0.25) is 0 Å². The molecule has 4 aromatic rings. The van der Waals surface area contributed by atoms with Crippen molar-refractivity contribution in [2.45, 2.75) is 4.90 Å². The van der Waals surface area contributed by atoms with Crippen LogP contribution >= 0.6 is 0 Å². The van der Waals surface area contributed by atoms with Gasteiger partial charge in [0.1, 0.15) is 11.2 Å². The Kier molecular flexibility index (Phi) is 4.79. The fourth-order valence-corrected chi connectivity index (χ4v) is 4.34. The Balaban J connectivity index is 1.68. The second kappa shape index (κ2) is 7.42. The summed E-state index contributed by atoms with van der Waals surface area (Å²) in [5, 5.41) is 9.74. The van der Waals surface area contributed by atoms with E-state index in [0.29, 0.717) is 27.8 Å². The zero-order valence-electron chi connectivity index (χ0n) is 15.0. The minimum atomic E-state index is -3.87. The fraction of sp³-hybridized carbons (Fsp3) is 0. The Hall–Kier alpha value is -3.62. The van der Waals surface area contributed by atoms with Crippen molar-refractivity contribution >= 4 is 49.6 Å². The molecule has 0 bridgehead atoms. The van der Waals surface area contributed by atoms with Gasteiger partial charge in [-0.1, -0.05) is 36.4 Å². The van der Waals surface area contributed by atoms with Gasteiger partial charge in [0.25, 0.3) is 15.9 Å². The first-order valence-electron chi connectivity index (χ1n) is 8.63. The summed E-state index contributed by atoms with van der Waals surface area (Å²) in [7, 11) is -3.87. The van der Waals surface area contributed by atoms with Crippen LogP contribution < -0.4 is 10.2 Å². The highest BCUT2D eigenvalue weighted by molar-refractivity contribution is 7.93. The number of para-hydroxylation sites is 1. The number of nitrogens with one attached hydrogen (secondary N) is 2. The summed E-state index contributed by atoms with van der Waals surface area (Å²) >= 11 is 0. The van der Waals surface area contributed by atoms with E-state index in [4.69, 9.17) is 9.62 Å². The molecule has 3 N–H and O–H groups in total. The molecule has 0 aliphatic rings. The number of rotatable bonds is 5. The predicted molar refractivity (Wildman–Crippen MR) is 110 cm³/mol. The van der Waals surface area contributed by atoms with Crippen LogP contribution in [0.25, 0.3) is 28.0 Å². The molecule has 29 heavy (non-hydrogen) atoms. The normalized spacial score (nSPS) is 11.9. The fourth-order valence-electron chi connectivity index (χ4n) is 3.05. The molecule has 0 fully saturated rings. The Morgan fingerprint density at radius 3 is 2.41 bits per heavy atom. The number of hydrogen-bond donors (Lipinski definition) is 3. The average Bonchev–Trinajstić information content (AvgIpc) is 3.11. The average molecular weight is 408 g/mol. The Bertz CT molecular complexity index is 1340. The molecule has 1 amide bonds. The molecular weight excluding hydrogens is 392 g/mol. The maximum Gasteiger partial charge on any atom is 0.267 e. The second-order valence-corrected chi connectivity index (χ2v) is 7.92. The van der Waals surface area contributed by atoms with Gasteiger partial charge in [-0.2, -0.15) is 0 Å². The third kappa shape index (κ3) is 3.71. The molecule has 0 unspecified atom stereocenters. The van der Waals surface area contributed by atoms with E-state index in [1.54, 1.807) is 42.5 Å². The van der Waals surface area contributed by atoms with Crippen LogP contribution in [0.4, 0.5) is 5.69 Å². The van der Waals surface area contributed by atoms with Crippen LogP contribution in [0.1, 0.15) is 5.56 Å². The van der Waals surface area contributed by atoms with Crippen molar-refractivity contribution < 1.29 is 22.8 Å². The van der Waals surface area contributed by atoms with E-state index in [1.807, 2.05) is 18.2 Å². The molecule has 4 rings (SSSR count). The lowest BCUT2D eigenvalue weighted by atomic mass is 10.1. The lowest BCUT2D eigenvalue weighted by molar-refractivity contribution is -0.124.